The molecule has 0 aliphatic carbocycles. The third-order valence-electron chi connectivity index (χ3n) is 3.79. The molecule has 1 unspecified atom stereocenters. The minimum atomic E-state index is -0.363. The van der Waals surface area contributed by atoms with E-state index in [1.54, 1.807) is 37.2 Å². The van der Waals surface area contributed by atoms with Gasteiger partial charge in [-0.15, -0.1) is 0 Å². The van der Waals surface area contributed by atoms with Gasteiger partial charge in [-0.2, -0.15) is 0 Å². The summed E-state index contributed by atoms with van der Waals surface area (Å²) in [6, 6.07) is 4.90. The van der Waals surface area contributed by atoms with Crippen LogP contribution in [0.4, 0.5) is 0 Å². The predicted molar refractivity (Wildman–Crippen MR) is 85.1 cm³/mol. The Morgan fingerprint density at radius 1 is 1.41 bits per heavy atom. The summed E-state index contributed by atoms with van der Waals surface area (Å²) >= 11 is 5.96. The Bertz CT molecular complexity index is 575. The van der Waals surface area contributed by atoms with Crippen LogP contribution in [0.1, 0.15) is 18.4 Å². The number of benzene rings is 1. The van der Waals surface area contributed by atoms with E-state index in [1.807, 2.05) is 6.92 Å². The first-order valence-electron chi connectivity index (χ1n) is 7.29. The van der Waals surface area contributed by atoms with Crippen molar-refractivity contribution < 1.29 is 14.3 Å². The van der Waals surface area contributed by atoms with Crippen molar-refractivity contribution in [3.05, 3.63) is 28.8 Å². The molecule has 1 heterocycles. The standard InChI is InChI=1S/C16H21ClN2O3/c1-11-9-12(6-7-13(11)17)22-10-15(20)19-8-4-5-14(19)16(21)18(2)3/h6-7,9,14H,4-5,8,10H2,1-3H3. The number of ether oxygens (including phenoxy) is 1. The summed E-state index contributed by atoms with van der Waals surface area (Å²) in [5, 5.41) is 0.662. The zero-order valence-corrected chi connectivity index (χ0v) is 13.9. The van der Waals surface area contributed by atoms with Gasteiger partial charge in [-0.05, 0) is 43.5 Å². The van der Waals surface area contributed by atoms with Crippen LogP contribution in [0.2, 0.25) is 5.02 Å². The number of halogens is 1. The van der Waals surface area contributed by atoms with Crippen molar-refractivity contribution in [1.29, 1.82) is 0 Å². The third-order valence-corrected chi connectivity index (χ3v) is 4.21. The van der Waals surface area contributed by atoms with E-state index in [0.29, 0.717) is 23.7 Å². The molecule has 2 amide bonds. The van der Waals surface area contributed by atoms with Crippen LogP contribution in [0.15, 0.2) is 18.2 Å². The van der Waals surface area contributed by atoms with Crippen LogP contribution >= 0.6 is 11.6 Å². The molecule has 1 atom stereocenters. The van der Waals surface area contributed by atoms with Crippen LogP contribution < -0.4 is 4.74 Å². The number of hydrogen-bond acceptors (Lipinski definition) is 3. The molecule has 1 fully saturated rings. The van der Waals surface area contributed by atoms with E-state index < -0.39 is 0 Å². The minimum Gasteiger partial charge on any atom is -0.484 e. The summed E-state index contributed by atoms with van der Waals surface area (Å²) in [7, 11) is 3.41. The SMILES string of the molecule is Cc1cc(OCC(=O)N2CCCC2C(=O)N(C)C)ccc1Cl. The summed E-state index contributed by atoms with van der Waals surface area (Å²) in [4.78, 5) is 27.5. The topological polar surface area (TPSA) is 49.9 Å². The summed E-state index contributed by atoms with van der Waals surface area (Å²) in [6.07, 6.45) is 1.55. The first-order chi connectivity index (χ1) is 10.4. The molecule has 0 aromatic heterocycles. The summed E-state index contributed by atoms with van der Waals surface area (Å²) in [6.45, 7) is 2.41. The maximum Gasteiger partial charge on any atom is 0.261 e. The predicted octanol–water partition coefficient (Wildman–Crippen LogP) is 2.11. The van der Waals surface area contributed by atoms with Crippen molar-refractivity contribution in [3.63, 3.8) is 0 Å². The Morgan fingerprint density at radius 2 is 2.14 bits per heavy atom. The Morgan fingerprint density at radius 3 is 2.77 bits per heavy atom. The zero-order valence-electron chi connectivity index (χ0n) is 13.1. The van der Waals surface area contributed by atoms with Gasteiger partial charge < -0.3 is 14.5 Å². The van der Waals surface area contributed by atoms with E-state index in [0.717, 1.165) is 12.0 Å². The monoisotopic (exact) mass is 324 g/mol. The normalized spacial score (nSPS) is 17.5. The summed E-state index contributed by atoms with van der Waals surface area (Å²) in [5.74, 6) is 0.406. The van der Waals surface area contributed by atoms with Crippen molar-refractivity contribution >= 4 is 23.4 Å². The van der Waals surface area contributed by atoms with E-state index in [9.17, 15) is 9.59 Å². The van der Waals surface area contributed by atoms with Crippen LogP contribution in [0.25, 0.3) is 0 Å². The van der Waals surface area contributed by atoms with Crippen molar-refractivity contribution in [2.24, 2.45) is 0 Å². The molecule has 120 valence electrons. The molecule has 0 spiro atoms. The molecule has 1 saturated heterocycles. The van der Waals surface area contributed by atoms with Crippen molar-refractivity contribution in [2.45, 2.75) is 25.8 Å². The third kappa shape index (κ3) is 3.71. The molecular weight excluding hydrogens is 304 g/mol. The van der Waals surface area contributed by atoms with Gasteiger partial charge in [0.15, 0.2) is 6.61 Å². The highest BCUT2D eigenvalue weighted by Crippen LogP contribution is 2.22. The largest absolute Gasteiger partial charge is 0.484 e. The molecule has 0 N–H and O–H groups in total. The van der Waals surface area contributed by atoms with E-state index in [4.69, 9.17) is 16.3 Å². The smallest absolute Gasteiger partial charge is 0.261 e. The average Bonchev–Trinajstić information content (AvgIpc) is 2.96. The van der Waals surface area contributed by atoms with Crippen LogP contribution in [-0.4, -0.2) is 54.9 Å². The van der Waals surface area contributed by atoms with E-state index >= 15 is 0 Å². The van der Waals surface area contributed by atoms with Crippen LogP contribution in [-0.2, 0) is 9.59 Å². The zero-order chi connectivity index (χ0) is 16.3. The number of nitrogens with zero attached hydrogens (tertiary/aromatic N) is 2. The number of carbonyl (C=O) groups is 2. The molecule has 1 aromatic rings. The Balaban J connectivity index is 1.96. The lowest BCUT2D eigenvalue weighted by molar-refractivity contribution is -0.143. The fourth-order valence-corrected chi connectivity index (χ4v) is 2.67. The Kier molecular flexibility index (Phi) is 5.29. The number of likely N-dealkylation sites (tertiary alicyclic amines) is 1. The molecule has 0 bridgehead atoms. The number of rotatable bonds is 4. The van der Waals surface area contributed by atoms with Crippen molar-refractivity contribution in [2.75, 3.05) is 27.2 Å². The summed E-state index contributed by atoms with van der Waals surface area (Å²) in [5.41, 5.74) is 0.897. The number of aryl methyl sites for hydroxylation is 1. The van der Waals surface area contributed by atoms with E-state index in [1.165, 1.54) is 4.90 Å². The van der Waals surface area contributed by atoms with Gasteiger partial charge in [0, 0.05) is 25.7 Å². The van der Waals surface area contributed by atoms with Crippen LogP contribution in [0, 0.1) is 6.92 Å². The number of amides is 2. The average molecular weight is 325 g/mol. The van der Waals surface area contributed by atoms with Gasteiger partial charge in [0.1, 0.15) is 11.8 Å². The fraction of sp³-hybridized carbons (Fsp3) is 0.500. The molecule has 0 radical (unpaired) electrons. The van der Waals surface area contributed by atoms with Gasteiger partial charge in [0.05, 0.1) is 0 Å². The molecular formula is C16H21ClN2O3. The maximum atomic E-state index is 12.3. The van der Waals surface area contributed by atoms with Crippen LogP contribution in [0.5, 0.6) is 5.75 Å². The van der Waals surface area contributed by atoms with E-state index in [2.05, 4.69) is 0 Å². The number of hydrogen-bond donors (Lipinski definition) is 0. The van der Waals surface area contributed by atoms with Gasteiger partial charge in [0.25, 0.3) is 5.91 Å². The highest BCUT2D eigenvalue weighted by molar-refractivity contribution is 6.31. The van der Waals surface area contributed by atoms with Gasteiger partial charge in [0.2, 0.25) is 5.91 Å². The minimum absolute atomic E-state index is 0.0341. The number of likely N-dealkylation sites (N-methyl/N-ethyl adjacent to an activating group) is 1. The quantitative estimate of drug-likeness (QED) is 0.852. The second kappa shape index (κ2) is 7.01. The molecule has 1 aliphatic heterocycles. The molecule has 22 heavy (non-hydrogen) atoms. The van der Waals surface area contributed by atoms with Gasteiger partial charge in [-0.1, -0.05) is 11.6 Å². The molecule has 1 aromatic carbocycles. The lowest BCUT2D eigenvalue weighted by atomic mass is 10.2. The second-order valence-corrected chi connectivity index (χ2v) is 6.08. The molecule has 5 nitrogen and oxygen atoms in total. The first kappa shape index (κ1) is 16.6. The van der Waals surface area contributed by atoms with Gasteiger partial charge in [-0.25, -0.2) is 0 Å². The van der Waals surface area contributed by atoms with Crippen LogP contribution in [0.3, 0.4) is 0 Å². The summed E-state index contributed by atoms with van der Waals surface area (Å²) < 4.78 is 5.53. The maximum absolute atomic E-state index is 12.3. The number of carbonyl (C=O) groups excluding carboxylic acids is 2. The highest BCUT2D eigenvalue weighted by atomic mass is 35.5. The lowest BCUT2D eigenvalue weighted by Gasteiger charge is -2.26. The van der Waals surface area contributed by atoms with Gasteiger partial charge in [-0.3, -0.25) is 9.59 Å². The van der Waals surface area contributed by atoms with Gasteiger partial charge >= 0.3 is 0 Å². The first-order valence-corrected chi connectivity index (χ1v) is 7.67. The highest BCUT2D eigenvalue weighted by Gasteiger charge is 2.34. The molecule has 0 saturated carbocycles. The Labute approximate surface area is 135 Å². The molecule has 6 heteroatoms. The van der Waals surface area contributed by atoms with Crippen molar-refractivity contribution in [3.8, 4) is 5.75 Å². The van der Waals surface area contributed by atoms with E-state index in [-0.39, 0.29) is 24.5 Å². The molecule has 2 rings (SSSR count). The lowest BCUT2D eigenvalue weighted by Crippen LogP contribution is -2.46. The van der Waals surface area contributed by atoms with Crippen molar-refractivity contribution in [1.82, 2.24) is 9.80 Å². The second-order valence-electron chi connectivity index (χ2n) is 5.68. The molecule has 1 aliphatic rings. The Hall–Kier alpha value is -1.75. The fourth-order valence-electron chi connectivity index (χ4n) is 2.55.